The number of fused-ring (bicyclic) bond motifs is 4. The van der Waals surface area contributed by atoms with Crippen LogP contribution in [-0.2, 0) is 4.84 Å². The number of hydroxylamine groups is 1. The zero-order chi connectivity index (χ0) is 38.5. The summed E-state index contributed by atoms with van der Waals surface area (Å²) in [7, 11) is 1.83. The molecule has 3 unspecified atom stereocenters. The van der Waals surface area contributed by atoms with Crippen LogP contribution in [-0.4, -0.2) is 57.3 Å². The Balaban J connectivity index is 1.16. The highest BCUT2D eigenvalue weighted by atomic mass is 32.1. The largest absolute Gasteiger partial charge is 0.476 e. The SMILES string of the molecule is CNOC12CC(C)(C)CC(C)(CC(C)(CN/C(C)=C(\C=N)c3ccc(-c4ccc5cccc(C(=O)Nc6nc7ncccc7s6)c5c4)nc3C(=O)O)C1)C2. The Morgan fingerprint density at radius 1 is 0.963 bits per heavy atom. The predicted octanol–water partition coefficient (Wildman–Crippen LogP) is 8.73. The highest BCUT2D eigenvalue weighted by Gasteiger charge is 2.58. The number of hydrogen-bond acceptors (Lipinski definition) is 10. The number of thiazole rings is 1. The van der Waals surface area contributed by atoms with Gasteiger partial charge in [-0.1, -0.05) is 63.3 Å². The van der Waals surface area contributed by atoms with Gasteiger partial charge in [0, 0.05) is 54.0 Å². The molecule has 7 rings (SSSR count). The lowest BCUT2D eigenvalue weighted by molar-refractivity contribution is -0.214. The maximum atomic E-state index is 13.5. The first-order valence-corrected chi connectivity index (χ1v) is 19.1. The molecule has 2 aromatic carbocycles. The van der Waals surface area contributed by atoms with Gasteiger partial charge in [0.2, 0.25) is 0 Å². The van der Waals surface area contributed by atoms with E-state index in [1.807, 2.05) is 56.4 Å². The summed E-state index contributed by atoms with van der Waals surface area (Å²) < 4.78 is 0.871. The molecule has 3 heterocycles. The number of nitrogens with one attached hydrogen (secondary N) is 4. The zero-order valence-corrected chi connectivity index (χ0v) is 32.4. The van der Waals surface area contributed by atoms with E-state index in [2.05, 4.69) is 58.8 Å². The monoisotopic (exact) mass is 745 g/mol. The summed E-state index contributed by atoms with van der Waals surface area (Å²) in [5.74, 6) is -1.51. The molecule has 1 amide bonds. The third-order valence-corrected chi connectivity index (χ3v) is 11.8. The molecular formula is C42H47N7O4S. The Hall–Kier alpha value is -5.04. The van der Waals surface area contributed by atoms with Crippen LogP contribution in [0.2, 0.25) is 0 Å². The Morgan fingerprint density at radius 3 is 2.52 bits per heavy atom. The van der Waals surface area contributed by atoms with Crippen LogP contribution in [0, 0.1) is 21.7 Å². The number of aromatic carboxylic acids is 1. The molecule has 280 valence electrons. The highest BCUT2D eigenvalue weighted by Crippen LogP contribution is 2.62. The van der Waals surface area contributed by atoms with E-state index in [-0.39, 0.29) is 33.4 Å². The first-order chi connectivity index (χ1) is 25.6. The van der Waals surface area contributed by atoms with Gasteiger partial charge < -0.3 is 15.8 Å². The predicted molar refractivity (Wildman–Crippen MR) is 215 cm³/mol. The van der Waals surface area contributed by atoms with Crippen LogP contribution < -0.4 is 16.1 Å². The van der Waals surface area contributed by atoms with Crippen molar-refractivity contribution in [2.75, 3.05) is 18.9 Å². The van der Waals surface area contributed by atoms with Gasteiger partial charge in [-0.3, -0.25) is 14.9 Å². The highest BCUT2D eigenvalue weighted by molar-refractivity contribution is 7.22. The van der Waals surface area contributed by atoms with E-state index in [4.69, 9.17) is 10.2 Å². The van der Waals surface area contributed by atoms with Crippen LogP contribution in [0.3, 0.4) is 0 Å². The molecule has 2 aliphatic rings. The lowest BCUT2D eigenvalue weighted by Crippen LogP contribution is -2.59. The normalized spacial score (nSPS) is 23.8. The second-order valence-electron chi connectivity index (χ2n) is 16.6. The first-order valence-electron chi connectivity index (χ1n) is 18.2. The summed E-state index contributed by atoms with van der Waals surface area (Å²) in [6.07, 6.45) is 7.87. The Morgan fingerprint density at radius 2 is 1.78 bits per heavy atom. The minimum absolute atomic E-state index is 0.0933. The van der Waals surface area contributed by atoms with Crippen molar-refractivity contribution in [1.82, 2.24) is 25.7 Å². The molecule has 0 spiro atoms. The number of carboxylic acids is 1. The molecule has 2 aliphatic carbocycles. The Bertz CT molecular complexity index is 2300. The molecule has 0 saturated heterocycles. The summed E-state index contributed by atoms with van der Waals surface area (Å²) >= 11 is 1.35. The smallest absolute Gasteiger partial charge is 0.355 e. The zero-order valence-electron chi connectivity index (χ0n) is 31.6. The van der Waals surface area contributed by atoms with Gasteiger partial charge in [-0.2, -0.15) is 4.98 Å². The van der Waals surface area contributed by atoms with Gasteiger partial charge in [0.15, 0.2) is 16.5 Å². The van der Waals surface area contributed by atoms with E-state index in [1.165, 1.54) is 17.6 Å². The molecule has 5 N–H and O–H groups in total. The number of carbonyl (C=O) groups excluding carboxylic acids is 1. The van der Waals surface area contributed by atoms with E-state index in [1.54, 1.807) is 24.4 Å². The van der Waals surface area contributed by atoms with Crippen molar-refractivity contribution in [3.05, 3.63) is 89.4 Å². The molecule has 2 fully saturated rings. The number of hydrogen-bond donors (Lipinski definition) is 5. The van der Waals surface area contributed by atoms with Gasteiger partial charge in [0.05, 0.1) is 16.0 Å². The average molecular weight is 746 g/mol. The van der Waals surface area contributed by atoms with E-state index in [0.29, 0.717) is 56.4 Å². The number of pyridine rings is 2. The minimum atomic E-state index is -1.20. The van der Waals surface area contributed by atoms with Crippen molar-refractivity contribution < 1.29 is 19.5 Å². The number of aromatic nitrogens is 3. The van der Waals surface area contributed by atoms with E-state index < -0.39 is 5.97 Å². The first kappa shape index (κ1) is 37.3. The quantitative estimate of drug-likeness (QED) is 0.0658. The van der Waals surface area contributed by atoms with Gasteiger partial charge in [-0.05, 0) is 102 Å². The lowest BCUT2D eigenvalue weighted by atomic mass is 9.48. The molecule has 5 aromatic rings. The van der Waals surface area contributed by atoms with Crippen molar-refractivity contribution in [1.29, 1.82) is 5.41 Å². The molecule has 0 aliphatic heterocycles. The number of benzene rings is 2. The summed E-state index contributed by atoms with van der Waals surface area (Å²) in [6, 6.07) is 18.3. The number of rotatable bonds is 11. The van der Waals surface area contributed by atoms with Crippen LogP contribution in [0.1, 0.15) is 93.1 Å². The van der Waals surface area contributed by atoms with Crippen LogP contribution >= 0.6 is 11.3 Å². The van der Waals surface area contributed by atoms with Crippen molar-refractivity contribution in [2.45, 2.75) is 72.3 Å². The fourth-order valence-corrected chi connectivity index (χ4v) is 10.8. The van der Waals surface area contributed by atoms with E-state index in [9.17, 15) is 14.7 Å². The van der Waals surface area contributed by atoms with Crippen LogP contribution in [0.4, 0.5) is 5.13 Å². The summed E-state index contributed by atoms with van der Waals surface area (Å²) in [5, 5.41) is 27.3. The average Bonchev–Trinajstić information content (AvgIpc) is 3.51. The molecule has 3 atom stereocenters. The van der Waals surface area contributed by atoms with Crippen LogP contribution in [0.5, 0.6) is 0 Å². The molecular weight excluding hydrogens is 699 g/mol. The number of amides is 1. The van der Waals surface area contributed by atoms with E-state index >= 15 is 0 Å². The Kier molecular flexibility index (Phi) is 9.66. The molecule has 54 heavy (non-hydrogen) atoms. The molecule has 0 radical (unpaired) electrons. The van der Waals surface area contributed by atoms with Crippen LogP contribution in [0.15, 0.2) is 72.6 Å². The van der Waals surface area contributed by atoms with Gasteiger partial charge in [-0.25, -0.2) is 20.2 Å². The van der Waals surface area contributed by atoms with E-state index in [0.717, 1.165) is 42.2 Å². The number of carboxylic acid groups (broad SMARTS) is 1. The van der Waals surface area contributed by atoms with Crippen molar-refractivity contribution in [2.24, 2.45) is 16.2 Å². The maximum Gasteiger partial charge on any atom is 0.355 e. The second kappa shape index (κ2) is 14.0. The lowest BCUT2D eigenvalue weighted by Gasteiger charge is -2.60. The van der Waals surface area contributed by atoms with Gasteiger partial charge in [0.25, 0.3) is 5.91 Å². The summed E-state index contributed by atoms with van der Waals surface area (Å²) in [6.45, 7) is 11.9. The second-order valence-corrected chi connectivity index (χ2v) is 17.7. The van der Waals surface area contributed by atoms with Crippen molar-refractivity contribution in [3.8, 4) is 11.3 Å². The third-order valence-electron chi connectivity index (χ3n) is 10.9. The molecule has 3 aromatic heterocycles. The van der Waals surface area contributed by atoms with Crippen molar-refractivity contribution >= 4 is 61.3 Å². The van der Waals surface area contributed by atoms with Gasteiger partial charge in [-0.15, -0.1) is 0 Å². The fraction of sp³-hybridized carbons (Fsp3) is 0.381. The summed E-state index contributed by atoms with van der Waals surface area (Å²) in [5.41, 5.74) is 6.41. The number of allylic oxidation sites excluding steroid dienone is 2. The molecule has 2 bridgehead atoms. The molecule has 11 nitrogen and oxygen atoms in total. The topological polar surface area (TPSA) is 162 Å². The standard InChI is InChI=1S/C42H47N7O4S/c1-25(46-24-41(5)21-40(4)19-39(2,3)20-42(22-40,23-41)53-44-6)31(18-43)28-14-15-32(47-34(28)37(51)52)27-13-12-26-9-7-10-29(30(26)17-27)36(50)49-38-48-35-33(54-38)11-8-16-45-35/h7-18,43-44,46H,19-24H2,1-6H3,(H,51,52)(H,45,48,49,50)/b31-25+,43-18?. The third kappa shape index (κ3) is 7.38. The van der Waals surface area contributed by atoms with Crippen molar-refractivity contribution in [3.63, 3.8) is 0 Å². The van der Waals surface area contributed by atoms with Gasteiger partial charge in [0.1, 0.15) is 0 Å². The number of carbonyl (C=O) groups is 2. The maximum absolute atomic E-state index is 13.5. The number of anilines is 1. The molecule has 2 saturated carbocycles. The minimum Gasteiger partial charge on any atom is -0.476 e. The van der Waals surface area contributed by atoms with Crippen LogP contribution in [0.25, 0.3) is 38.0 Å². The molecule has 12 heteroatoms. The number of nitrogens with zero attached hydrogens (tertiary/aromatic N) is 3. The Labute approximate surface area is 319 Å². The fourth-order valence-electron chi connectivity index (χ4n) is 10.0. The van der Waals surface area contributed by atoms with Gasteiger partial charge >= 0.3 is 5.97 Å². The summed E-state index contributed by atoms with van der Waals surface area (Å²) in [4.78, 5) is 45.9.